The fourth-order valence-corrected chi connectivity index (χ4v) is 7.59. The third-order valence-corrected chi connectivity index (χ3v) is 11.1. The van der Waals surface area contributed by atoms with Crippen LogP contribution in [0.25, 0.3) is 22.8 Å². The maximum absolute atomic E-state index is 13.7. The Morgan fingerprint density at radius 1 is 0.868 bits per heavy atom. The van der Waals surface area contributed by atoms with Gasteiger partial charge in [-0.15, -0.1) is 0 Å². The number of benzene rings is 2. The van der Waals surface area contributed by atoms with Crippen LogP contribution in [0.4, 0.5) is 4.79 Å². The zero-order chi connectivity index (χ0) is 37.2. The van der Waals surface area contributed by atoms with Crippen LogP contribution < -0.4 is 10.1 Å². The van der Waals surface area contributed by atoms with Crippen LogP contribution in [0.5, 0.6) is 11.5 Å². The van der Waals surface area contributed by atoms with E-state index in [1.54, 1.807) is 4.90 Å². The van der Waals surface area contributed by atoms with Crippen molar-refractivity contribution in [2.24, 2.45) is 11.8 Å². The zero-order valence-corrected chi connectivity index (χ0v) is 31.1. The Balaban J connectivity index is 1.04. The summed E-state index contributed by atoms with van der Waals surface area (Å²) in [5.74, 6) is 4.29. The van der Waals surface area contributed by atoms with Crippen molar-refractivity contribution in [1.82, 2.24) is 45.5 Å². The second-order valence-corrected chi connectivity index (χ2v) is 14.7. The summed E-state index contributed by atoms with van der Waals surface area (Å²) < 4.78 is 11.2. The molecule has 280 valence electrons. The lowest BCUT2D eigenvalue weighted by Crippen LogP contribution is -2.51. The minimum absolute atomic E-state index is 0.0670. The van der Waals surface area contributed by atoms with E-state index in [4.69, 9.17) is 19.4 Å². The quantitative estimate of drug-likeness (QED) is 0.138. The number of aromatic nitrogens is 6. The van der Waals surface area contributed by atoms with E-state index < -0.39 is 12.1 Å². The van der Waals surface area contributed by atoms with Crippen molar-refractivity contribution in [2.45, 2.75) is 97.2 Å². The molecule has 5 unspecified atom stereocenters. The summed E-state index contributed by atoms with van der Waals surface area (Å²) in [4.78, 5) is 52.2. The Bertz CT molecular complexity index is 1970. The molecule has 0 spiro atoms. The van der Waals surface area contributed by atoms with Crippen molar-refractivity contribution in [2.75, 3.05) is 20.2 Å². The number of hydrogen-bond acceptors (Lipinski definition) is 9. The molecule has 14 heteroatoms. The smallest absolute Gasteiger partial charge is 0.407 e. The van der Waals surface area contributed by atoms with Gasteiger partial charge in [-0.1, -0.05) is 52.7 Å². The predicted molar refractivity (Wildman–Crippen MR) is 197 cm³/mol. The normalized spacial score (nSPS) is 19.6. The van der Waals surface area contributed by atoms with Crippen LogP contribution in [0.15, 0.2) is 36.4 Å². The number of methoxy groups -OCH3 is 1. The van der Waals surface area contributed by atoms with Gasteiger partial charge in [0.1, 0.15) is 29.2 Å². The van der Waals surface area contributed by atoms with Crippen molar-refractivity contribution in [3.63, 3.8) is 0 Å². The molecule has 5 atom stereocenters. The molecule has 3 aliphatic heterocycles. The number of likely N-dealkylation sites (tertiary alicyclic amines) is 2. The number of carbonyl (C=O) groups excluding carboxylic acids is 3. The standard InChI is InChI=1S/C39H49N9O5/c1-6-22(3)18-32(49)47-16-8-10-28(47)36-42-35(44-45-36)26-13-12-24-19-27-20-25(14-15-30(27)53-31(24)21-26)34-41-37(46-43-34)29-11-9-17-48(29)38(50)33(23(4)7-2)40-39(51)52-5/h12-15,20-23,28-29,33H,6-11,16-19H2,1-5H3,(H,40,51)(H,41,43,46)(H,42,44,45). The molecule has 7 rings (SSSR count). The van der Waals surface area contributed by atoms with Gasteiger partial charge in [0.15, 0.2) is 11.6 Å². The van der Waals surface area contributed by atoms with E-state index in [1.807, 2.05) is 55.1 Å². The Morgan fingerprint density at radius 2 is 1.51 bits per heavy atom. The van der Waals surface area contributed by atoms with Gasteiger partial charge >= 0.3 is 6.09 Å². The molecule has 2 aromatic carbocycles. The molecule has 0 saturated carbocycles. The predicted octanol–water partition coefficient (Wildman–Crippen LogP) is 6.49. The number of H-pyrrole nitrogens is 2. The SMILES string of the molecule is CCC(C)CC(=O)N1CCCC1c1nc(-c2ccc3c(c2)Oc2ccc(-c4n[nH]c(C5CCCN5C(=O)C(NC(=O)OC)C(C)CC)n4)cc2C3)n[nH]1. The summed E-state index contributed by atoms with van der Waals surface area (Å²) in [5.41, 5.74) is 3.73. The van der Waals surface area contributed by atoms with E-state index in [9.17, 15) is 14.4 Å². The van der Waals surface area contributed by atoms with Crippen LogP contribution in [-0.4, -0.2) is 84.3 Å². The number of ether oxygens (including phenoxy) is 2. The summed E-state index contributed by atoms with van der Waals surface area (Å²) in [6, 6.07) is 10.9. The van der Waals surface area contributed by atoms with Crippen LogP contribution >= 0.6 is 0 Å². The Kier molecular flexibility index (Phi) is 10.5. The third-order valence-electron chi connectivity index (χ3n) is 11.1. The number of amides is 3. The highest BCUT2D eigenvalue weighted by Crippen LogP contribution is 2.41. The summed E-state index contributed by atoms with van der Waals surface area (Å²) in [6.07, 6.45) is 5.70. The van der Waals surface area contributed by atoms with E-state index in [0.717, 1.165) is 84.6 Å². The number of alkyl carbamates (subject to hydrolysis) is 1. The average Bonchev–Trinajstić information content (AvgIpc) is 4.01. The van der Waals surface area contributed by atoms with Gasteiger partial charge < -0.3 is 24.6 Å². The van der Waals surface area contributed by atoms with Crippen molar-refractivity contribution in [1.29, 1.82) is 0 Å². The Hall–Kier alpha value is -5.27. The molecule has 5 heterocycles. The van der Waals surface area contributed by atoms with Crippen LogP contribution in [0.3, 0.4) is 0 Å². The van der Waals surface area contributed by atoms with Gasteiger partial charge in [0.05, 0.1) is 19.2 Å². The molecule has 2 aromatic heterocycles. The first-order valence-electron chi connectivity index (χ1n) is 18.9. The third kappa shape index (κ3) is 7.36. The summed E-state index contributed by atoms with van der Waals surface area (Å²) >= 11 is 0. The van der Waals surface area contributed by atoms with Crippen molar-refractivity contribution >= 4 is 17.9 Å². The minimum atomic E-state index is -0.693. The van der Waals surface area contributed by atoms with E-state index >= 15 is 0 Å². The lowest BCUT2D eigenvalue weighted by Gasteiger charge is -2.30. The fraction of sp³-hybridized carbons (Fsp3) is 0.513. The first kappa shape index (κ1) is 36.1. The molecule has 0 aliphatic carbocycles. The first-order valence-corrected chi connectivity index (χ1v) is 18.9. The van der Waals surface area contributed by atoms with Gasteiger partial charge in [-0.3, -0.25) is 19.8 Å². The summed E-state index contributed by atoms with van der Waals surface area (Å²) in [6.45, 7) is 9.49. The molecule has 0 bridgehead atoms. The van der Waals surface area contributed by atoms with E-state index in [-0.39, 0.29) is 29.8 Å². The molecule has 14 nitrogen and oxygen atoms in total. The number of nitrogens with zero attached hydrogens (tertiary/aromatic N) is 6. The highest BCUT2D eigenvalue weighted by Gasteiger charge is 2.38. The Labute approximate surface area is 309 Å². The van der Waals surface area contributed by atoms with Crippen LogP contribution in [0, 0.1) is 11.8 Å². The van der Waals surface area contributed by atoms with Gasteiger partial charge in [0, 0.05) is 42.6 Å². The maximum atomic E-state index is 13.7. The highest BCUT2D eigenvalue weighted by molar-refractivity contribution is 5.86. The Morgan fingerprint density at radius 3 is 2.17 bits per heavy atom. The first-order chi connectivity index (χ1) is 25.7. The maximum Gasteiger partial charge on any atom is 0.407 e. The molecular weight excluding hydrogens is 674 g/mol. The van der Waals surface area contributed by atoms with Crippen LogP contribution in [0.2, 0.25) is 0 Å². The number of carbonyl (C=O) groups is 3. The van der Waals surface area contributed by atoms with Crippen molar-refractivity contribution in [3.8, 4) is 34.3 Å². The molecular formula is C39H49N9O5. The van der Waals surface area contributed by atoms with Gasteiger partial charge in [-0.2, -0.15) is 10.2 Å². The topological polar surface area (TPSA) is 171 Å². The highest BCUT2D eigenvalue weighted by atomic mass is 16.5. The lowest BCUT2D eigenvalue weighted by atomic mass is 9.97. The number of fused-ring (bicyclic) bond motifs is 2. The molecule has 3 aliphatic rings. The molecule has 4 aromatic rings. The molecule has 53 heavy (non-hydrogen) atoms. The van der Waals surface area contributed by atoms with Crippen molar-refractivity contribution < 1.29 is 23.9 Å². The summed E-state index contributed by atoms with van der Waals surface area (Å²) in [5, 5.41) is 18.0. The van der Waals surface area contributed by atoms with Crippen molar-refractivity contribution in [3.05, 3.63) is 59.2 Å². The van der Waals surface area contributed by atoms with Gasteiger partial charge in [-0.25, -0.2) is 14.8 Å². The average molecular weight is 724 g/mol. The van der Waals surface area contributed by atoms with Gasteiger partial charge in [0.2, 0.25) is 11.8 Å². The molecule has 0 radical (unpaired) electrons. The molecule has 3 amide bonds. The largest absolute Gasteiger partial charge is 0.457 e. The van der Waals surface area contributed by atoms with Gasteiger partial charge in [0.25, 0.3) is 0 Å². The van der Waals surface area contributed by atoms with Gasteiger partial charge in [-0.05, 0) is 67.3 Å². The number of aromatic amines is 2. The number of nitrogens with one attached hydrogen (secondary N) is 3. The molecule has 2 fully saturated rings. The van der Waals surface area contributed by atoms with Crippen LogP contribution in [-0.2, 0) is 20.7 Å². The minimum Gasteiger partial charge on any atom is -0.457 e. The second-order valence-electron chi connectivity index (χ2n) is 14.7. The molecule has 2 saturated heterocycles. The van der Waals surface area contributed by atoms with Crippen LogP contribution in [0.1, 0.15) is 108 Å². The molecule has 3 N–H and O–H groups in total. The van der Waals surface area contributed by atoms with E-state index in [2.05, 4.69) is 39.6 Å². The fourth-order valence-electron chi connectivity index (χ4n) is 7.59. The zero-order valence-electron chi connectivity index (χ0n) is 31.1. The lowest BCUT2D eigenvalue weighted by molar-refractivity contribution is -0.136. The summed E-state index contributed by atoms with van der Waals surface area (Å²) in [7, 11) is 1.30. The number of rotatable bonds is 11. The number of hydrogen-bond donors (Lipinski definition) is 3. The van der Waals surface area contributed by atoms with E-state index in [1.165, 1.54) is 7.11 Å². The second kappa shape index (κ2) is 15.4. The monoisotopic (exact) mass is 723 g/mol. The van der Waals surface area contributed by atoms with E-state index in [0.29, 0.717) is 42.8 Å².